The van der Waals surface area contributed by atoms with Crippen molar-refractivity contribution in [3.05, 3.63) is 29.6 Å². The van der Waals surface area contributed by atoms with Gasteiger partial charge < -0.3 is 10.6 Å². The molecule has 1 aromatic heterocycles. The van der Waals surface area contributed by atoms with Gasteiger partial charge in [0.05, 0.1) is 13.1 Å². The van der Waals surface area contributed by atoms with Gasteiger partial charge in [-0.1, -0.05) is 17.8 Å². The van der Waals surface area contributed by atoms with Gasteiger partial charge in [-0.3, -0.25) is 9.59 Å². The van der Waals surface area contributed by atoms with Gasteiger partial charge in [0, 0.05) is 11.8 Å². The van der Waals surface area contributed by atoms with Crippen LogP contribution in [0.5, 0.6) is 0 Å². The zero-order valence-electron chi connectivity index (χ0n) is 9.56. The second-order valence-corrected chi connectivity index (χ2v) is 3.03. The largest absolute Gasteiger partial charge is 0.348 e. The quantitative estimate of drug-likeness (QED) is 0.415. The van der Waals surface area contributed by atoms with Crippen LogP contribution in [0.15, 0.2) is 18.3 Å². The SMILES string of the molecule is O=CNCC#Cc1ccc(C#CCNC=O)nc1. The maximum Gasteiger partial charge on any atom is 0.207 e. The number of aromatic nitrogens is 1. The molecule has 18 heavy (non-hydrogen) atoms. The van der Waals surface area contributed by atoms with Crippen LogP contribution in [0.3, 0.4) is 0 Å². The first-order chi connectivity index (χ1) is 8.86. The average molecular weight is 241 g/mol. The molecule has 0 saturated carbocycles. The third kappa shape index (κ3) is 5.34. The summed E-state index contributed by atoms with van der Waals surface area (Å²) >= 11 is 0. The zero-order valence-corrected chi connectivity index (χ0v) is 9.56. The second-order valence-electron chi connectivity index (χ2n) is 3.03. The van der Waals surface area contributed by atoms with Gasteiger partial charge in [0.25, 0.3) is 0 Å². The van der Waals surface area contributed by atoms with Crippen LogP contribution in [0.1, 0.15) is 11.3 Å². The summed E-state index contributed by atoms with van der Waals surface area (Å²) in [6.07, 6.45) is 2.79. The molecule has 0 fully saturated rings. The van der Waals surface area contributed by atoms with Crippen LogP contribution in [-0.4, -0.2) is 30.9 Å². The van der Waals surface area contributed by atoms with E-state index >= 15 is 0 Å². The van der Waals surface area contributed by atoms with Crippen molar-refractivity contribution in [2.75, 3.05) is 13.1 Å². The van der Waals surface area contributed by atoms with E-state index in [1.165, 1.54) is 0 Å². The fourth-order valence-corrected chi connectivity index (χ4v) is 1.01. The first-order valence-electron chi connectivity index (χ1n) is 5.14. The average Bonchev–Trinajstić information content (AvgIpc) is 2.41. The number of carbonyl (C=O) groups is 2. The first kappa shape index (κ1) is 13.3. The van der Waals surface area contributed by atoms with E-state index in [2.05, 4.69) is 39.3 Å². The van der Waals surface area contributed by atoms with Crippen molar-refractivity contribution < 1.29 is 9.59 Å². The lowest BCUT2D eigenvalue weighted by Crippen LogP contribution is -2.09. The number of hydrogen-bond donors (Lipinski definition) is 2. The number of rotatable bonds is 4. The van der Waals surface area contributed by atoms with Gasteiger partial charge in [0.15, 0.2) is 0 Å². The third-order valence-electron chi connectivity index (χ3n) is 1.76. The van der Waals surface area contributed by atoms with E-state index in [4.69, 9.17) is 0 Å². The second kappa shape index (κ2) is 8.37. The zero-order chi connectivity index (χ0) is 13.1. The summed E-state index contributed by atoms with van der Waals surface area (Å²) < 4.78 is 0. The van der Waals surface area contributed by atoms with Crippen molar-refractivity contribution in [2.24, 2.45) is 0 Å². The van der Waals surface area contributed by atoms with Gasteiger partial charge in [0.2, 0.25) is 12.8 Å². The van der Waals surface area contributed by atoms with Crippen LogP contribution in [0, 0.1) is 23.7 Å². The third-order valence-corrected chi connectivity index (χ3v) is 1.76. The lowest BCUT2D eigenvalue weighted by atomic mass is 10.2. The Hall–Kier alpha value is -2.79. The van der Waals surface area contributed by atoms with E-state index in [1.54, 1.807) is 18.3 Å². The molecule has 1 heterocycles. The molecule has 5 heteroatoms. The Bertz CT molecular complexity index is 466. The summed E-state index contributed by atoms with van der Waals surface area (Å²) in [6.45, 7) is 0.604. The summed E-state index contributed by atoms with van der Waals surface area (Å²) in [7, 11) is 0. The standard InChI is InChI=1S/C13H11N3O2/c17-10-14-7-1-3-12-5-6-13(16-9-12)4-2-8-15-11-18/h5-6,9-11H,7-8H2,(H,14,17)(H,15,18). The Morgan fingerprint density at radius 2 is 1.72 bits per heavy atom. The summed E-state index contributed by atoms with van der Waals surface area (Å²) in [6, 6.07) is 3.53. The number of carbonyl (C=O) groups excluding carboxylic acids is 2. The molecule has 90 valence electrons. The lowest BCUT2D eigenvalue weighted by Gasteiger charge is -1.91. The van der Waals surface area contributed by atoms with Crippen LogP contribution >= 0.6 is 0 Å². The van der Waals surface area contributed by atoms with Crippen molar-refractivity contribution in [3.63, 3.8) is 0 Å². The smallest absolute Gasteiger partial charge is 0.207 e. The number of nitrogens with one attached hydrogen (secondary N) is 2. The van der Waals surface area contributed by atoms with Crippen molar-refractivity contribution in [1.29, 1.82) is 0 Å². The molecule has 1 aromatic rings. The molecule has 0 unspecified atom stereocenters. The van der Waals surface area contributed by atoms with Gasteiger partial charge in [-0.2, -0.15) is 0 Å². The van der Waals surface area contributed by atoms with E-state index in [-0.39, 0.29) is 0 Å². The lowest BCUT2D eigenvalue weighted by molar-refractivity contribution is -0.110. The number of hydrogen-bond acceptors (Lipinski definition) is 3. The predicted octanol–water partition coefficient (Wildman–Crippen LogP) is -0.723. The minimum Gasteiger partial charge on any atom is -0.348 e. The van der Waals surface area contributed by atoms with Gasteiger partial charge >= 0.3 is 0 Å². The van der Waals surface area contributed by atoms with E-state index in [1.807, 2.05) is 0 Å². The van der Waals surface area contributed by atoms with Crippen LogP contribution in [-0.2, 0) is 9.59 Å². The molecule has 0 radical (unpaired) electrons. The molecule has 2 N–H and O–H groups in total. The van der Waals surface area contributed by atoms with Crippen LogP contribution in [0.25, 0.3) is 0 Å². The van der Waals surface area contributed by atoms with Gasteiger partial charge in [0.1, 0.15) is 5.69 Å². The molecule has 0 aromatic carbocycles. The highest BCUT2D eigenvalue weighted by molar-refractivity contribution is 5.47. The van der Waals surface area contributed by atoms with Gasteiger partial charge in [-0.25, -0.2) is 4.98 Å². The molecule has 0 saturated heterocycles. The van der Waals surface area contributed by atoms with E-state index in [9.17, 15) is 9.59 Å². The van der Waals surface area contributed by atoms with Gasteiger partial charge in [-0.15, -0.1) is 0 Å². The van der Waals surface area contributed by atoms with Gasteiger partial charge in [-0.05, 0) is 18.1 Å². The molecule has 0 aliphatic carbocycles. The van der Waals surface area contributed by atoms with Crippen molar-refractivity contribution in [1.82, 2.24) is 15.6 Å². The number of amides is 2. The molecular weight excluding hydrogens is 230 g/mol. The van der Waals surface area contributed by atoms with E-state index in [0.717, 1.165) is 5.56 Å². The van der Waals surface area contributed by atoms with Crippen molar-refractivity contribution in [2.45, 2.75) is 0 Å². The molecule has 1 rings (SSSR count). The highest BCUT2D eigenvalue weighted by Gasteiger charge is 1.89. The minimum absolute atomic E-state index is 0.296. The molecular formula is C13H11N3O2. The van der Waals surface area contributed by atoms with Crippen molar-refractivity contribution in [3.8, 4) is 23.7 Å². The Kier molecular flexibility index (Phi) is 6.17. The topological polar surface area (TPSA) is 71.1 Å². The molecule has 2 amide bonds. The highest BCUT2D eigenvalue weighted by atomic mass is 16.1. The maximum absolute atomic E-state index is 9.97. The fraction of sp³-hybridized carbons (Fsp3) is 0.154. The monoisotopic (exact) mass is 241 g/mol. The molecule has 0 atom stereocenters. The molecule has 0 spiro atoms. The highest BCUT2D eigenvalue weighted by Crippen LogP contribution is 1.96. The van der Waals surface area contributed by atoms with Crippen LogP contribution in [0.4, 0.5) is 0 Å². The predicted molar refractivity (Wildman–Crippen MR) is 66.1 cm³/mol. The summed E-state index contributed by atoms with van der Waals surface area (Å²) in [4.78, 5) is 24.0. The van der Waals surface area contributed by atoms with Crippen LogP contribution in [0.2, 0.25) is 0 Å². The van der Waals surface area contributed by atoms with E-state index < -0.39 is 0 Å². The summed E-state index contributed by atoms with van der Waals surface area (Å²) in [5.74, 6) is 11.1. The number of pyridine rings is 1. The molecule has 0 aliphatic heterocycles. The Morgan fingerprint density at radius 1 is 1.06 bits per heavy atom. The minimum atomic E-state index is 0.296. The molecule has 0 aliphatic rings. The molecule has 5 nitrogen and oxygen atoms in total. The van der Waals surface area contributed by atoms with Crippen molar-refractivity contribution >= 4 is 12.8 Å². The van der Waals surface area contributed by atoms with Crippen LogP contribution < -0.4 is 10.6 Å². The first-order valence-corrected chi connectivity index (χ1v) is 5.14. The summed E-state index contributed by atoms with van der Waals surface area (Å²) in [5.41, 5.74) is 1.36. The normalized spacial score (nSPS) is 8.00. The Balaban J connectivity index is 2.55. The molecule has 0 bridgehead atoms. The fourth-order valence-electron chi connectivity index (χ4n) is 1.01. The van der Waals surface area contributed by atoms with E-state index in [0.29, 0.717) is 31.6 Å². The summed E-state index contributed by atoms with van der Waals surface area (Å²) in [5, 5.41) is 4.87. The Morgan fingerprint density at radius 3 is 2.28 bits per heavy atom. The maximum atomic E-state index is 9.97. The number of nitrogens with zero attached hydrogens (tertiary/aromatic N) is 1. The Labute approximate surface area is 105 Å².